The number of hydrogen-bond acceptors (Lipinski definition) is 5. The molecule has 0 spiro atoms. The standard InChI is InChI=1S/C18H22F3N5O/c19-18(20,21)13-3-4-16(24-11-13)25-8-5-14(6-9-25)23-12-17(27)26-7-1-2-15(26)10-22/h3-4,11,14-15,23H,1-2,5-9,12H2/t15-/m0/s1. The largest absolute Gasteiger partial charge is 0.417 e. The highest BCUT2D eigenvalue weighted by molar-refractivity contribution is 5.79. The zero-order valence-corrected chi connectivity index (χ0v) is 14.9. The third-order valence-electron chi connectivity index (χ3n) is 5.16. The number of likely N-dealkylation sites (tertiary alicyclic amines) is 1. The fraction of sp³-hybridized carbons (Fsp3) is 0.611. The zero-order chi connectivity index (χ0) is 19.4. The summed E-state index contributed by atoms with van der Waals surface area (Å²) in [5.41, 5.74) is -0.751. The summed E-state index contributed by atoms with van der Waals surface area (Å²) in [5, 5.41) is 12.3. The van der Waals surface area contributed by atoms with Crippen molar-refractivity contribution in [1.82, 2.24) is 15.2 Å². The van der Waals surface area contributed by atoms with Crippen LogP contribution in [0, 0.1) is 11.3 Å². The number of aromatic nitrogens is 1. The van der Waals surface area contributed by atoms with Crippen molar-refractivity contribution in [2.75, 3.05) is 31.1 Å². The molecular formula is C18H22F3N5O. The Kier molecular flexibility index (Phi) is 5.85. The van der Waals surface area contributed by atoms with Crippen molar-refractivity contribution in [3.05, 3.63) is 23.9 Å². The lowest BCUT2D eigenvalue weighted by Crippen LogP contribution is -2.47. The van der Waals surface area contributed by atoms with E-state index >= 15 is 0 Å². The number of rotatable bonds is 4. The number of alkyl halides is 3. The SMILES string of the molecule is N#C[C@@H]1CCCN1C(=O)CNC1CCN(c2ccc(C(F)(F)F)cn2)CC1. The molecular weight excluding hydrogens is 359 g/mol. The van der Waals surface area contributed by atoms with Crippen LogP contribution in [0.15, 0.2) is 18.3 Å². The molecule has 2 aliphatic heterocycles. The van der Waals surface area contributed by atoms with Gasteiger partial charge in [-0.15, -0.1) is 0 Å². The van der Waals surface area contributed by atoms with Gasteiger partial charge in [0, 0.05) is 31.9 Å². The Balaban J connectivity index is 1.45. The zero-order valence-electron chi connectivity index (χ0n) is 14.9. The van der Waals surface area contributed by atoms with E-state index in [0.717, 1.165) is 37.9 Å². The molecule has 146 valence electrons. The number of amides is 1. The summed E-state index contributed by atoms with van der Waals surface area (Å²) in [6, 6.07) is 4.47. The lowest BCUT2D eigenvalue weighted by atomic mass is 10.0. The van der Waals surface area contributed by atoms with Crippen LogP contribution in [0.5, 0.6) is 0 Å². The van der Waals surface area contributed by atoms with Crippen LogP contribution in [-0.4, -0.2) is 54.1 Å². The predicted octanol–water partition coefficient (Wildman–Crippen LogP) is 2.17. The van der Waals surface area contributed by atoms with Crippen LogP contribution in [0.25, 0.3) is 0 Å². The van der Waals surface area contributed by atoms with Crippen molar-refractivity contribution in [3.8, 4) is 6.07 Å². The quantitative estimate of drug-likeness (QED) is 0.866. The molecule has 3 heterocycles. The van der Waals surface area contributed by atoms with E-state index in [9.17, 15) is 18.0 Å². The van der Waals surface area contributed by atoms with Crippen LogP contribution < -0.4 is 10.2 Å². The van der Waals surface area contributed by atoms with E-state index in [0.29, 0.717) is 25.5 Å². The van der Waals surface area contributed by atoms with Gasteiger partial charge in [0.15, 0.2) is 0 Å². The fourth-order valence-corrected chi connectivity index (χ4v) is 3.59. The number of carbonyl (C=O) groups is 1. The molecule has 1 amide bonds. The number of halogens is 3. The van der Waals surface area contributed by atoms with Crippen molar-refractivity contribution in [3.63, 3.8) is 0 Å². The first kappa shape index (κ1) is 19.4. The molecule has 2 aliphatic rings. The molecule has 27 heavy (non-hydrogen) atoms. The van der Waals surface area contributed by atoms with Gasteiger partial charge >= 0.3 is 6.18 Å². The smallest absolute Gasteiger partial charge is 0.357 e. The lowest BCUT2D eigenvalue weighted by molar-refractivity contribution is -0.137. The first-order valence-electron chi connectivity index (χ1n) is 9.09. The average molecular weight is 381 g/mol. The first-order valence-corrected chi connectivity index (χ1v) is 9.09. The third kappa shape index (κ3) is 4.69. The van der Waals surface area contributed by atoms with Gasteiger partial charge in [-0.1, -0.05) is 0 Å². The number of anilines is 1. The van der Waals surface area contributed by atoms with E-state index in [4.69, 9.17) is 5.26 Å². The Labute approximate surface area is 156 Å². The number of pyridine rings is 1. The topological polar surface area (TPSA) is 72.3 Å². The summed E-state index contributed by atoms with van der Waals surface area (Å²) < 4.78 is 37.8. The summed E-state index contributed by atoms with van der Waals surface area (Å²) in [4.78, 5) is 19.8. The molecule has 1 atom stereocenters. The molecule has 3 rings (SSSR count). The number of carbonyl (C=O) groups excluding carboxylic acids is 1. The van der Waals surface area contributed by atoms with Crippen LogP contribution in [0.3, 0.4) is 0 Å². The molecule has 0 saturated carbocycles. The summed E-state index contributed by atoms with van der Waals surface area (Å²) in [6.07, 6.45) is -0.368. The van der Waals surface area contributed by atoms with E-state index in [1.54, 1.807) is 4.90 Å². The van der Waals surface area contributed by atoms with Gasteiger partial charge in [-0.25, -0.2) is 4.98 Å². The van der Waals surface area contributed by atoms with E-state index in [1.807, 2.05) is 4.90 Å². The van der Waals surface area contributed by atoms with Gasteiger partial charge in [0.2, 0.25) is 5.91 Å². The van der Waals surface area contributed by atoms with Crippen molar-refractivity contribution in [1.29, 1.82) is 5.26 Å². The molecule has 9 heteroatoms. The van der Waals surface area contributed by atoms with Crippen molar-refractivity contribution >= 4 is 11.7 Å². The predicted molar refractivity (Wildman–Crippen MR) is 92.8 cm³/mol. The minimum absolute atomic E-state index is 0.0501. The summed E-state index contributed by atoms with van der Waals surface area (Å²) in [7, 11) is 0. The van der Waals surface area contributed by atoms with E-state index in [-0.39, 0.29) is 24.5 Å². The number of nitriles is 1. The molecule has 6 nitrogen and oxygen atoms in total. The molecule has 0 aliphatic carbocycles. The lowest BCUT2D eigenvalue weighted by Gasteiger charge is -2.33. The van der Waals surface area contributed by atoms with Gasteiger partial charge in [0.25, 0.3) is 0 Å². The molecule has 1 aromatic rings. The molecule has 1 aromatic heterocycles. The Morgan fingerprint density at radius 1 is 1.26 bits per heavy atom. The molecule has 0 bridgehead atoms. The van der Waals surface area contributed by atoms with Gasteiger partial charge in [0.05, 0.1) is 18.2 Å². The Hall–Kier alpha value is -2.34. The van der Waals surface area contributed by atoms with E-state index < -0.39 is 11.7 Å². The number of nitrogens with zero attached hydrogens (tertiary/aromatic N) is 4. The monoisotopic (exact) mass is 381 g/mol. The van der Waals surface area contributed by atoms with Crippen LogP contribution >= 0.6 is 0 Å². The van der Waals surface area contributed by atoms with Crippen LogP contribution in [0.2, 0.25) is 0 Å². The highest BCUT2D eigenvalue weighted by Gasteiger charge is 2.31. The van der Waals surface area contributed by atoms with Gasteiger partial charge in [-0.3, -0.25) is 4.79 Å². The minimum atomic E-state index is -4.38. The molecule has 2 saturated heterocycles. The second-order valence-electron chi connectivity index (χ2n) is 6.92. The molecule has 0 radical (unpaired) electrons. The van der Waals surface area contributed by atoms with Crippen molar-refractivity contribution in [2.24, 2.45) is 0 Å². The number of piperidine rings is 1. The Bertz CT molecular complexity index is 692. The van der Waals surface area contributed by atoms with Gasteiger partial charge < -0.3 is 15.1 Å². The Morgan fingerprint density at radius 2 is 2.00 bits per heavy atom. The third-order valence-corrected chi connectivity index (χ3v) is 5.16. The normalized spacial score (nSPS) is 21.3. The number of hydrogen-bond donors (Lipinski definition) is 1. The molecule has 2 fully saturated rings. The molecule has 1 N–H and O–H groups in total. The first-order chi connectivity index (χ1) is 12.9. The summed E-state index contributed by atoms with van der Waals surface area (Å²) >= 11 is 0. The van der Waals surface area contributed by atoms with Crippen molar-refractivity contribution < 1.29 is 18.0 Å². The number of nitrogens with one attached hydrogen (secondary N) is 1. The van der Waals surface area contributed by atoms with Crippen molar-refractivity contribution in [2.45, 2.75) is 43.9 Å². The highest BCUT2D eigenvalue weighted by atomic mass is 19.4. The maximum atomic E-state index is 12.6. The molecule has 0 aromatic carbocycles. The molecule has 0 unspecified atom stereocenters. The van der Waals surface area contributed by atoms with E-state index in [2.05, 4.69) is 16.4 Å². The maximum absolute atomic E-state index is 12.6. The Morgan fingerprint density at radius 3 is 2.59 bits per heavy atom. The van der Waals surface area contributed by atoms with Gasteiger partial charge in [-0.2, -0.15) is 18.4 Å². The fourth-order valence-electron chi connectivity index (χ4n) is 3.59. The summed E-state index contributed by atoms with van der Waals surface area (Å²) in [5.74, 6) is 0.484. The van der Waals surface area contributed by atoms with Crippen LogP contribution in [-0.2, 0) is 11.0 Å². The average Bonchev–Trinajstić information content (AvgIpc) is 3.15. The highest BCUT2D eigenvalue weighted by Crippen LogP contribution is 2.29. The second-order valence-corrected chi connectivity index (χ2v) is 6.92. The van der Waals surface area contributed by atoms with Crippen LogP contribution in [0.4, 0.5) is 19.0 Å². The second kappa shape index (κ2) is 8.13. The maximum Gasteiger partial charge on any atom is 0.417 e. The van der Waals surface area contributed by atoms with Gasteiger partial charge in [-0.05, 0) is 37.8 Å². The summed E-state index contributed by atoms with van der Waals surface area (Å²) in [6.45, 7) is 2.17. The van der Waals surface area contributed by atoms with E-state index in [1.165, 1.54) is 6.07 Å². The van der Waals surface area contributed by atoms with Gasteiger partial charge in [0.1, 0.15) is 11.9 Å². The van der Waals surface area contributed by atoms with Crippen LogP contribution in [0.1, 0.15) is 31.2 Å². The minimum Gasteiger partial charge on any atom is -0.357 e.